The van der Waals surface area contributed by atoms with Gasteiger partial charge in [0.05, 0.1) is 0 Å². The number of carboxylic acid groups (broad SMARTS) is 1. The fourth-order valence-electron chi connectivity index (χ4n) is 3.81. The van der Waals surface area contributed by atoms with Gasteiger partial charge in [0, 0.05) is 30.3 Å². The van der Waals surface area contributed by atoms with Crippen LogP contribution in [0, 0.1) is 5.41 Å². The molecule has 0 bridgehead atoms. The summed E-state index contributed by atoms with van der Waals surface area (Å²) in [6.07, 6.45) is 6.53. The smallest absolute Gasteiger partial charge is 0.316 e. The van der Waals surface area contributed by atoms with Crippen molar-refractivity contribution < 1.29 is 29.4 Å². The molecule has 0 aliphatic carbocycles. The minimum absolute atomic E-state index is 0.00641. The molecule has 2 unspecified atom stereocenters. The molecular formula is C23H22N4O6S. The number of carboxylic acids is 1. The van der Waals surface area contributed by atoms with Crippen molar-refractivity contribution in [3.8, 4) is 5.75 Å². The first-order valence-electron chi connectivity index (χ1n) is 10.3. The molecule has 0 radical (unpaired) electrons. The summed E-state index contributed by atoms with van der Waals surface area (Å²) in [5.41, 5.74) is -0.270. The van der Waals surface area contributed by atoms with Crippen LogP contribution < -0.4 is 5.32 Å². The highest BCUT2D eigenvalue weighted by molar-refractivity contribution is 8.00. The molecule has 1 aromatic heterocycles. The number of fused-ring (bicyclic) bond motifs is 1. The van der Waals surface area contributed by atoms with Crippen LogP contribution in [0.15, 0.2) is 60.0 Å². The van der Waals surface area contributed by atoms with Crippen molar-refractivity contribution in [2.24, 2.45) is 10.6 Å². The van der Waals surface area contributed by atoms with Crippen LogP contribution in [-0.2, 0) is 19.2 Å². The summed E-state index contributed by atoms with van der Waals surface area (Å²) < 4.78 is 0. The van der Waals surface area contributed by atoms with Crippen LogP contribution in [0.4, 0.5) is 0 Å². The Morgan fingerprint density at radius 3 is 2.85 bits per heavy atom. The Balaban J connectivity index is 1.47. The third-order valence-electron chi connectivity index (χ3n) is 5.61. The van der Waals surface area contributed by atoms with Gasteiger partial charge in [-0.1, -0.05) is 35.5 Å². The number of aliphatic carboxylic acids is 1. The second-order valence-electron chi connectivity index (χ2n) is 7.87. The molecule has 4 rings (SSSR count). The number of aromatic nitrogens is 1. The van der Waals surface area contributed by atoms with Crippen molar-refractivity contribution in [3.05, 3.63) is 66.0 Å². The number of amides is 2. The third-order valence-corrected chi connectivity index (χ3v) is 7.16. The molecule has 2 aliphatic heterocycles. The fraction of sp³-hybridized carbons (Fsp3) is 0.261. The topological polar surface area (TPSA) is 141 Å². The summed E-state index contributed by atoms with van der Waals surface area (Å²) in [4.78, 5) is 48.1. The van der Waals surface area contributed by atoms with Crippen LogP contribution in [0.1, 0.15) is 11.1 Å². The molecule has 2 saturated heterocycles. The number of oxime groups is 1. The van der Waals surface area contributed by atoms with Crippen LogP contribution >= 0.6 is 11.8 Å². The number of hydrogen-bond donors (Lipinski definition) is 3. The molecule has 11 heteroatoms. The number of nitrogens with zero attached hydrogens (tertiary/aromatic N) is 3. The minimum Gasteiger partial charge on any atom is -0.508 e. The van der Waals surface area contributed by atoms with Gasteiger partial charge in [0.1, 0.15) is 29.7 Å². The van der Waals surface area contributed by atoms with Gasteiger partial charge in [0.2, 0.25) is 5.91 Å². The largest absolute Gasteiger partial charge is 0.508 e. The molecule has 3 N–H and O–H groups in total. The number of phenols is 1. The van der Waals surface area contributed by atoms with Crippen molar-refractivity contribution >= 4 is 41.3 Å². The molecule has 0 saturated carbocycles. The maximum absolute atomic E-state index is 12.9. The Kier molecular flexibility index (Phi) is 6.55. The lowest BCUT2D eigenvalue weighted by Crippen LogP contribution is -2.73. The van der Waals surface area contributed by atoms with Gasteiger partial charge in [-0.25, -0.2) is 0 Å². The average Bonchev–Trinajstić information content (AvgIpc) is 2.84. The zero-order valence-corrected chi connectivity index (χ0v) is 18.9. The predicted octanol–water partition coefficient (Wildman–Crippen LogP) is 1.32. The van der Waals surface area contributed by atoms with E-state index in [-0.39, 0.29) is 29.7 Å². The summed E-state index contributed by atoms with van der Waals surface area (Å²) in [6.45, 7) is -0.00641. The van der Waals surface area contributed by atoms with Gasteiger partial charge in [-0.3, -0.25) is 19.4 Å². The number of benzene rings is 1. The van der Waals surface area contributed by atoms with Crippen LogP contribution in [-0.4, -0.2) is 74.4 Å². The van der Waals surface area contributed by atoms with E-state index in [2.05, 4.69) is 15.5 Å². The Morgan fingerprint density at radius 2 is 2.18 bits per heavy atom. The van der Waals surface area contributed by atoms with Crippen molar-refractivity contribution in [1.82, 2.24) is 15.2 Å². The van der Waals surface area contributed by atoms with Crippen molar-refractivity contribution in [3.63, 3.8) is 0 Å². The first kappa shape index (κ1) is 23.3. The lowest BCUT2D eigenvalue weighted by Gasteiger charge is -2.53. The van der Waals surface area contributed by atoms with Crippen LogP contribution in [0.2, 0.25) is 0 Å². The number of nitrogens with one attached hydrogen (secondary N) is 1. The standard InChI is InChI=1S/C23H22N4O6S/c1-33-26-17(15-5-2-6-16(28)10-15)19(29)25-18-20(30)27-12-23(22(31)32,13-34-21(18)27)8-7-14-4-3-9-24-11-14/h2-11,18,21,28H,12-13H2,1H3,(H,25,29)(H,31,32)/t18?,21-,23?/m1/s1. The maximum Gasteiger partial charge on any atom is 0.316 e. The van der Waals surface area contributed by atoms with Crippen molar-refractivity contribution in [1.29, 1.82) is 0 Å². The van der Waals surface area contributed by atoms with Gasteiger partial charge < -0.3 is 25.3 Å². The van der Waals surface area contributed by atoms with E-state index in [1.807, 2.05) is 6.07 Å². The second-order valence-corrected chi connectivity index (χ2v) is 8.98. The minimum atomic E-state index is -1.26. The Morgan fingerprint density at radius 1 is 1.35 bits per heavy atom. The van der Waals surface area contributed by atoms with Gasteiger partial charge in [-0.15, -0.1) is 11.8 Å². The van der Waals surface area contributed by atoms with E-state index in [0.29, 0.717) is 5.56 Å². The summed E-state index contributed by atoms with van der Waals surface area (Å²) in [5.74, 6) is -1.87. The quantitative estimate of drug-likeness (QED) is 0.305. The molecule has 1 aromatic carbocycles. The monoisotopic (exact) mass is 482 g/mol. The number of rotatable bonds is 7. The van der Waals surface area contributed by atoms with Crippen LogP contribution in [0.25, 0.3) is 6.08 Å². The molecule has 2 aliphatic rings. The Hall–Kier alpha value is -3.86. The number of carbonyl (C=O) groups is 3. The molecule has 10 nitrogen and oxygen atoms in total. The number of β-lactam (4-membered cyclic amide) rings is 1. The van der Waals surface area contributed by atoms with Crippen molar-refractivity contribution in [2.45, 2.75) is 11.4 Å². The number of pyridine rings is 1. The molecule has 2 fully saturated rings. The fourth-order valence-corrected chi connectivity index (χ4v) is 5.32. The first-order valence-corrected chi connectivity index (χ1v) is 11.4. The SMILES string of the molecule is CON=C(C(=O)NC1C(=O)N2CC(C=Cc3cccnc3)(C(=O)O)CS[C@H]12)c1cccc(O)c1. The van der Waals surface area contributed by atoms with E-state index in [1.165, 1.54) is 35.9 Å². The molecule has 176 valence electrons. The lowest BCUT2D eigenvalue weighted by molar-refractivity contribution is -0.155. The van der Waals surface area contributed by atoms with Gasteiger partial charge in [-0.05, 0) is 23.8 Å². The Labute approximate surface area is 199 Å². The van der Waals surface area contributed by atoms with E-state index in [1.54, 1.807) is 42.7 Å². The molecule has 3 atom stereocenters. The lowest BCUT2D eigenvalue weighted by atomic mass is 9.86. The number of aromatic hydroxyl groups is 1. The molecule has 3 heterocycles. The molecule has 0 spiro atoms. The zero-order chi connectivity index (χ0) is 24.3. The first-order chi connectivity index (χ1) is 16.3. The maximum atomic E-state index is 12.9. The summed E-state index contributed by atoms with van der Waals surface area (Å²) in [6, 6.07) is 8.68. The van der Waals surface area contributed by atoms with Gasteiger partial charge in [-0.2, -0.15) is 0 Å². The molecule has 2 amide bonds. The van der Waals surface area contributed by atoms with Gasteiger partial charge >= 0.3 is 5.97 Å². The van der Waals surface area contributed by atoms with Crippen LogP contribution in [0.5, 0.6) is 5.75 Å². The third kappa shape index (κ3) is 4.46. The second kappa shape index (κ2) is 9.56. The Bertz CT molecular complexity index is 1170. The molecule has 34 heavy (non-hydrogen) atoms. The van der Waals surface area contributed by atoms with Gasteiger partial charge in [0.15, 0.2) is 5.71 Å². The predicted molar refractivity (Wildman–Crippen MR) is 125 cm³/mol. The average molecular weight is 483 g/mol. The number of phenolic OH excluding ortho intramolecular Hbond substituents is 1. The molecule has 2 aromatic rings. The van der Waals surface area contributed by atoms with Crippen molar-refractivity contribution in [2.75, 3.05) is 19.4 Å². The summed E-state index contributed by atoms with van der Waals surface area (Å²) >= 11 is 1.29. The van der Waals surface area contributed by atoms with E-state index >= 15 is 0 Å². The van der Waals surface area contributed by atoms with E-state index in [0.717, 1.165) is 5.56 Å². The highest BCUT2D eigenvalue weighted by atomic mass is 32.2. The van der Waals surface area contributed by atoms with Gasteiger partial charge in [0.25, 0.3) is 5.91 Å². The highest BCUT2D eigenvalue weighted by Gasteiger charge is 2.56. The van der Waals surface area contributed by atoms with Crippen LogP contribution in [0.3, 0.4) is 0 Å². The number of carbonyl (C=O) groups excluding carboxylic acids is 2. The van der Waals surface area contributed by atoms with E-state index in [9.17, 15) is 24.6 Å². The molecular weight excluding hydrogens is 460 g/mol. The summed E-state index contributed by atoms with van der Waals surface area (Å²) in [5, 5.41) is 25.7. The zero-order valence-electron chi connectivity index (χ0n) is 18.1. The summed E-state index contributed by atoms with van der Waals surface area (Å²) in [7, 11) is 1.29. The number of thioether (sulfide) groups is 1. The highest BCUT2D eigenvalue weighted by Crippen LogP contribution is 2.43. The normalized spacial score (nSPS) is 24.3. The van der Waals surface area contributed by atoms with E-state index in [4.69, 9.17) is 4.84 Å². The van der Waals surface area contributed by atoms with E-state index < -0.39 is 28.7 Å². The number of hydrogen-bond acceptors (Lipinski definition) is 8.